The van der Waals surface area contributed by atoms with Crippen molar-refractivity contribution in [3.8, 4) is 0 Å². The summed E-state index contributed by atoms with van der Waals surface area (Å²) in [5.74, 6) is 0. The van der Waals surface area contributed by atoms with E-state index in [4.69, 9.17) is 0 Å². The Hall–Kier alpha value is 0.686. The van der Waals surface area contributed by atoms with E-state index in [1.165, 1.54) is 0 Å². The average molecular weight is 116 g/mol. The van der Waals surface area contributed by atoms with Crippen molar-refractivity contribution in [1.29, 1.82) is 0 Å². The Balaban J connectivity index is 0. The first-order valence-corrected chi connectivity index (χ1v) is 1.89. The van der Waals surface area contributed by atoms with Crippen LogP contribution in [0.15, 0.2) is 0 Å². The summed E-state index contributed by atoms with van der Waals surface area (Å²) < 4.78 is 9.31. The van der Waals surface area contributed by atoms with Gasteiger partial charge in [0.2, 0.25) is 0 Å². The maximum absolute atomic E-state index is 4.66. The molecule has 0 heterocycles. The van der Waals surface area contributed by atoms with E-state index in [-0.39, 0.29) is 23.1 Å². The minimum absolute atomic E-state index is 0. The summed E-state index contributed by atoms with van der Waals surface area (Å²) in [6.07, 6.45) is 0. The summed E-state index contributed by atoms with van der Waals surface area (Å²) in [7, 11) is 3.30. The number of hydrogen-bond acceptors (Lipinski definition) is 2. The van der Waals surface area contributed by atoms with E-state index in [9.17, 15) is 0 Å². The van der Waals surface area contributed by atoms with Crippen LogP contribution in [0.2, 0.25) is 0 Å². The van der Waals surface area contributed by atoms with E-state index in [2.05, 4.69) is 9.47 Å². The molecule has 0 aromatic heterocycles. The molecule has 3 heteroatoms. The Labute approximate surface area is 60.3 Å². The zero-order valence-electron chi connectivity index (χ0n) is 4.23. The zero-order chi connectivity index (χ0) is 4.83. The largest absolute Gasteiger partial charge is 0.382 e. The lowest BCUT2D eigenvalue weighted by Gasteiger charge is -1.91. The molecule has 0 aliphatic carbocycles. The average Bonchev–Trinajstić information content (AvgIpc) is 1.61. The van der Waals surface area contributed by atoms with Crippen molar-refractivity contribution in [3.63, 3.8) is 0 Å². The van der Waals surface area contributed by atoms with Crippen LogP contribution in [0.4, 0.5) is 0 Å². The van der Waals surface area contributed by atoms with Crippen LogP contribution in [-0.4, -0.2) is 50.5 Å². The van der Waals surface area contributed by atoms with Gasteiger partial charge in [-0.25, -0.2) is 0 Å². The van der Waals surface area contributed by atoms with Crippen molar-refractivity contribution in [3.05, 3.63) is 0 Å². The third-order valence-electron chi connectivity index (χ3n) is 0.492. The molecule has 0 rings (SSSR count). The Bertz CT molecular complexity index is 21.7. The molecular formula is C4H12MgO2. The SMILES string of the molecule is COCCOC.[MgH2]. The lowest BCUT2D eigenvalue weighted by atomic mass is 10.8. The molecule has 0 unspecified atom stereocenters. The molecule has 0 radical (unpaired) electrons. The summed E-state index contributed by atoms with van der Waals surface area (Å²) in [6, 6.07) is 0. The zero-order valence-corrected chi connectivity index (χ0v) is 4.23. The standard InChI is InChI=1S/C4H10O2.Mg.2H/c1-5-3-4-6-2;;;/h3-4H2,1-2H3;;;. The van der Waals surface area contributed by atoms with E-state index in [0.29, 0.717) is 13.2 Å². The van der Waals surface area contributed by atoms with Crippen molar-refractivity contribution in [2.75, 3.05) is 27.4 Å². The molecule has 0 aromatic carbocycles. The second kappa shape index (κ2) is 9.84. The van der Waals surface area contributed by atoms with E-state index in [1.807, 2.05) is 0 Å². The van der Waals surface area contributed by atoms with Gasteiger partial charge < -0.3 is 9.47 Å². The number of ether oxygens (including phenoxy) is 2. The van der Waals surface area contributed by atoms with Crippen molar-refractivity contribution in [2.24, 2.45) is 0 Å². The van der Waals surface area contributed by atoms with Crippen molar-refractivity contribution >= 4 is 23.1 Å². The predicted molar refractivity (Wildman–Crippen MR) is 32.3 cm³/mol. The molecule has 0 aromatic rings. The second-order valence-electron chi connectivity index (χ2n) is 0.986. The van der Waals surface area contributed by atoms with Gasteiger partial charge in [-0.2, -0.15) is 0 Å². The van der Waals surface area contributed by atoms with Crippen LogP contribution < -0.4 is 0 Å². The van der Waals surface area contributed by atoms with Gasteiger partial charge in [0.1, 0.15) is 0 Å². The van der Waals surface area contributed by atoms with E-state index in [1.54, 1.807) is 14.2 Å². The maximum Gasteiger partial charge on any atom is 0.316 e. The van der Waals surface area contributed by atoms with Gasteiger partial charge in [-0.15, -0.1) is 0 Å². The smallest absolute Gasteiger partial charge is 0.316 e. The topological polar surface area (TPSA) is 18.5 Å². The summed E-state index contributed by atoms with van der Waals surface area (Å²) >= 11 is 0. The summed E-state index contributed by atoms with van der Waals surface area (Å²) in [5.41, 5.74) is 0. The molecular weight excluding hydrogens is 104 g/mol. The Kier molecular flexibility index (Phi) is 14.9. The van der Waals surface area contributed by atoms with Gasteiger partial charge in [-0.1, -0.05) is 0 Å². The van der Waals surface area contributed by atoms with Gasteiger partial charge in [0.15, 0.2) is 0 Å². The highest BCUT2D eigenvalue weighted by Crippen LogP contribution is 1.65. The first kappa shape index (κ1) is 10.6. The molecule has 0 aliphatic rings. The third kappa shape index (κ3) is 10.8. The molecule has 0 fully saturated rings. The van der Waals surface area contributed by atoms with Crippen molar-refractivity contribution in [2.45, 2.75) is 0 Å². The van der Waals surface area contributed by atoms with Crippen LogP contribution in [0.3, 0.4) is 0 Å². The van der Waals surface area contributed by atoms with Crippen LogP contribution in [0.5, 0.6) is 0 Å². The molecule has 0 saturated heterocycles. The minimum atomic E-state index is 0. The van der Waals surface area contributed by atoms with Crippen molar-refractivity contribution < 1.29 is 9.47 Å². The lowest BCUT2D eigenvalue weighted by Crippen LogP contribution is -1.96. The molecule has 0 bridgehead atoms. The first-order valence-electron chi connectivity index (χ1n) is 1.89. The van der Waals surface area contributed by atoms with Crippen LogP contribution in [0, 0.1) is 0 Å². The third-order valence-corrected chi connectivity index (χ3v) is 0.492. The highest BCUT2D eigenvalue weighted by molar-refractivity contribution is 5.75. The van der Waals surface area contributed by atoms with E-state index >= 15 is 0 Å². The van der Waals surface area contributed by atoms with Gasteiger partial charge in [-0.3, -0.25) is 0 Å². The molecule has 0 atom stereocenters. The lowest BCUT2D eigenvalue weighted by molar-refractivity contribution is 0.103. The Morgan fingerprint density at radius 1 is 1.00 bits per heavy atom. The van der Waals surface area contributed by atoms with Crippen LogP contribution in [0.1, 0.15) is 0 Å². The van der Waals surface area contributed by atoms with Crippen LogP contribution in [-0.2, 0) is 9.47 Å². The van der Waals surface area contributed by atoms with E-state index in [0.717, 1.165) is 0 Å². The molecule has 7 heavy (non-hydrogen) atoms. The fraction of sp³-hybridized carbons (Fsp3) is 1.00. The minimum Gasteiger partial charge on any atom is -0.382 e. The highest BCUT2D eigenvalue weighted by Gasteiger charge is 1.73. The monoisotopic (exact) mass is 116 g/mol. The normalized spacial score (nSPS) is 7.71. The number of methoxy groups -OCH3 is 2. The Morgan fingerprint density at radius 2 is 1.29 bits per heavy atom. The molecule has 0 aliphatic heterocycles. The van der Waals surface area contributed by atoms with Crippen LogP contribution >= 0.6 is 0 Å². The van der Waals surface area contributed by atoms with Gasteiger partial charge in [0.05, 0.1) is 13.2 Å². The summed E-state index contributed by atoms with van der Waals surface area (Å²) in [4.78, 5) is 0. The van der Waals surface area contributed by atoms with Gasteiger partial charge in [0.25, 0.3) is 0 Å². The number of rotatable bonds is 3. The predicted octanol–water partition coefficient (Wildman–Crippen LogP) is -0.637. The molecule has 0 N–H and O–H groups in total. The Morgan fingerprint density at radius 3 is 1.43 bits per heavy atom. The molecule has 42 valence electrons. The summed E-state index contributed by atoms with van der Waals surface area (Å²) in [6.45, 7) is 1.38. The molecule has 0 saturated carbocycles. The molecule has 2 nitrogen and oxygen atoms in total. The second-order valence-corrected chi connectivity index (χ2v) is 0.986. The quantitative estimate of drug-likeness (QED) is 0.361. The van der Waals surface area contributed by atoms with E-state index < -0.39 is 0 Å². The number of hydrogen-bond donors (Lipinski definition) is 0. The van der Waals surface area contributed by atoms with Gasteiger partial charge in [-0.05, 0) is 0 Å². The van der Waals surface area contributed by atoms with Gasteiger partial charge in [0, 0.05) is 14.2 Å². The first-order chi connectivity index (χ1) is 2.91. The van der Waals surface area contributed by atoms with Gasteiger partial charge >= 0.3 is 23.1 Å². The summed E-state index contributed by atoms with van der Waals surface area (Å²) in [5, 5.41) is 0. The van der Waals surface area contributed by atoms with Crippen LogP contribution in [0.25, 0.3) is 0 Å². The molecule has 0 spiro atoms. The van der Waals surface area contributed by atoms with Crippen molar-refractivity contribution in [1.82, 2.24) is 0 Å². The highest BCUT2D eigenvalue weighted by atomic mass is 24.3. The maximum atomic E-state index is 4.66. The fourth-order valence-electron chi connectivity index (χ4n) is 0.167. The molecule has 0 amide bonds. The fourth-order valence-corrected chi connectivity index (χ4v) is 0.167.